The molecule has 0 bridgehead atoms. The molecule has 0 radical (unpaired) electrons. The monoisotopic (exact) mass is 178 g/mol. The Labute approximate surface area is 71.9 Å². The molecule has 0 saturated carbocycles. The van der Waals surface area contributed by atoms with E-state index in [1.165, 1.54) is 0 Å². The second-order valence-electron chi connectivity index (χ2n) is 3.44. The summed E-state index contributed by atoms with van der Waals surface area (Å²) in [6.45, 7) is 5.88. The largest absolute Gasteiger partial charge is 0.314 e. The Morgan fingerprint density at radius 1 is 1.42 bits per heavy atom. The average molecular weight is 178 g/mol. The number of halogens is 2. The van der Waals surface area contributed by atoms with Gasteiger partial charge in [-0.3, -0.25) is 4.90 Å². The van der Waals surface area contributed by atoms with Crippen molar-refractivity contribution in [3.05, 3.63) is 0 Å². The lowest BCUT2D eigenvalue weighted by molar-refractivity contribution is -0.00277. The summed E-state index contributed by atoms with van der Waals surface area (Å²) in [7, 11) is 0. The summed E-state index contributed by atoms with van der Waals surface area (Å²) in [5, 5.41) is 2.98. The minimum Gasteiger partial charge on any atom is -0.314 e. The van der Waals surface area contributed by atoms with Crippen molar-refractivity contribution >= 4 is 0 Å². The van der Waals surface area contributed by atoms with Crippen molar-refractivity contribution in [2.24, 2.45) is 0 Å². The molecule has 0 unspecified atom stereocenters. The maximum atomic E-state index is 12.4. The van der Waals surface area contributed by atoms with Crippen LogP contribution in [0.15, 0.2) is 0 Å². The average Bonchev–Trinajstić information content (AvgIpc) is 2.04. The van der Waals surface area contributed by atoms with E-state index in [0.29, 0.717) is 6.54 Å². The van der Waals surface area contributed by atoms with Gasteiger partial charge in [0.2, 0.25) is 0 Å². The topological polar surface area (TPSA) is 15.3 Å². The number of nitrogens with zero attached hydrogens (tertiary/aromatic N) is 1. The fourth-order valence-electron chi connectivity index (χ4n) is 1.62. The lowest BCUT2D eigenvalue weighted by atomic mass is 10.1. The molecule has 1 N–H and O–H groups in total. The van der Waals surface area contributed by atoms with Gasteiger partial charge in [0.05, 0.1) is 6.04 Å². The second kappa shape index (κ2) is 4.14. The molecule has 0 aromatic heterocycles. The van der Waals surface area contributed by atoms with E-state index in [2.05, 4.69) is 5.32 Å². The fraction of sp³-hybridized carbons (Fsp3) is 1.00. The molecule has 12 heavy (non-hydrogen) atoms. The van der Waals surface area contributed by atoms with E-state index in [1.54, 1.807) is 0 Å². The van der Waals surface area contributed by atoms with Crippen LogP contribution in [0.2, 0.25) is 0 Å². The number of piperazine rings is 1. The van der Waals surface area contributed by atoms with Crippen molar-refractivity contribution < 1.29 is 8.78 Å². The first-order valence-electron chi connectivity index (χ1n) is 4.37. The normalized spacial score (nSPS) is 27.0. The summed E-state index contributed by atoms with van der Waals surface area (Å²) in [5.74, 6) is 0. The van der Waals surface area contributed by atoms with Crippen LogP contribution in [-0.2, 0) is 0 Å². The van der Waals surface area contributed by atoms with Crippen molar-refractivity contribution in [3.63, 3.8) is 0 Å². The molecular formula is C8H16F2N2. The Balaban J connectivity index is 2.54. The maximum absolute atomic E-state index is 12.4. The van der Waals surface area contributed by atoms with Crippen LogP contribution in [0.1, 0.15) is 13.8 Å². The van der Waals surface area contributed by atoms with Gasteiger partial charge in [-0.15, -0.1) is 0 Å². The van der Waals surface area contributed by atoms with Gasteiger partial charge in [0.1, 0.15) is 0 Å². The van der Waals surface area contributed by atoms with Crippen LogP contribution in [-0.4, -0.2) is 43.0 Å². The fourth-order valence-corrected chi connectivity index (χ4v) is 1.62. The standard InChI is InChI=1S/C8H16F2N2/c1-6(2)12-4-3-11-5-7(12)8(9)10/h6-8,11H,3-5H2,1-2H3/t7-/m0/s1. The van der Waals surface area contributed by atoms with E-state index in [9.17, 15) is 8.78 Å². The minimum absolute atomic E-state index is 0.214. The van der Waals surface area contributed by atoms with Crippen molar-refractivity contribution in [2.45, 2.75) is 32.4 Å². The predicted molar refractivity (Wildman–Crippen MR) is 44.5 cm³/mol. The molecule has 0 spiro atoms. The summed E-state index contributed by atoms with van der Waals surface area (Å²) in [4.78, 5) is 1.86. The quantitative estimate of drug-likeness (QED) is 0.676. The summed E-state index contributed by atoms with van der Waals surface area (Å²) >= 11 is 0. The third-order valence-corrected chi connectivity index (χ3v) is 2.28. The van der Waals surface area contributed by atoms with E-state index < -0.39 is 12.5 Å². The van der Waals surface area contributed by atoms with Crippen molar-refractivity contribution in [1.82, 2.24) is 10.2 Å². The third-order valence-electron chi connectivity index (χ3n) is 2.28. The summed E-state index contributed by atoms with van der Waals surface area (Å²) in [5.41, 5.74) is 0. The van der Waals surface area contributed by atoms with Gasteiger partial charge >= 0.3 is 0 Å². The lowest BCUT2D eigenvalue weighted by Gasteiger charge is -2.38. The Morgan fingerprint density at radius 2 is 2.08 bits per heavy atom. The number of hydrogen-bond donors (Lipinski definition) is 1. The third kappa shape index (κ3) is 2.14. The zero-order valence-electron chi connectivity index (χ0n) is 7.56. The molecule has 4 heteroatoms. The first-order chi connectivity index (χ1) is 5.63. The van der Waals surface area contributed by atoms with Gasteiger partial charge in [0.25, 0.3) is 6.43 Å². The summed E-state index contributed by atoms with van der Waals surface area (Å²) < 4.78 is 24.9. The molecule has 1 aliphatic rings. The van der Waals surface area contributed by atoms with E-state index in [-0.39, 0.29) is 6.04 Å². The molecule has 1 heterocycles. The molecule has 72 valence electrons. The van der Waals surface area contributed by atoms with Gasteiger partial charge in [0.15, 0.2) is 0 Å². The SMILES string of the molecule is CC(C)N1CCNC[C@H]1C(F)F. The van der Waals surface area contributed by atoms with Gasteiger partial charge < -0.3 is 5.32 Å². The maximum Gasteiger partial charge on any atom is 0.255 e. The minimum atomic E-state index is -2.24. The highest BCUT2D eigenvalue weighted by Crippen LogP contribution is 2.14. The Kier molecular flexibility index (Phi) is 3.40. The van der Waals surface area contributed by atoms with Crippen molar-refractivity contribution in [2.75, 3.05) is 19.6 Å². The van der Waals surface area contributed by atoms with Gasteiger partial charge in [0, 0.05) is 25.7 Å². The summed E-state index contributed by atoms with van der Waals surface area (Å²) in [6, 6.07) is -0.384. The van der Waals surface area contributed by atoms with E-state index >= 15 is 0 Å². The highest BCUT2D eigenvalue weighted by Gasteiger charge is 2.30. The predicted octanol–water partition coefficient (Wildman–Crippen LogP) is 0.934. The molecule has 1 atom stereocenters. The van der Waals surface area contributed by atoms with Crippen molar-refractivity contribution in [3.8, 4) is 0 Å². The van der Waals surface area contributed by atoms with Crippen LogP contribution in [0, 0.1) is 0 Å². The van der Waals surface area contributed by atoms with Crippen LogP contribution in [0.5, 0.6) is 0 Å². The van der Waals surface area contributed by atoms with Crippen LogP contribution in [0.3, 0.4) is 0 Å². The molecule has 1 saturated heterocycles. The van der Waals surface area contributed by atoms with E-state index in [4.69, 9.17) is 0 Å². The lowest BCUT2D eigenvalue weighted by Crippen LogP contribution is -2.56. The van der Waals surface area contributed by atoms with Crippen LogP contribution >= 0.6 is 0 Å². The molecule has 0 aliphatic carbocycles. The Hall–Kier alpha value is -0.220. The smallest absolute Gasteiger partial charge is 0.255 e. The number of nitrogens with one attached hydrogen (secondary N) is 1. The van der Waals surface area contributed by atoms with Gasteiger partial charge in [-0.25, -0.2) is 8.78 Å². The zero-order chi connectivity index (χ0) is 9.14. The molecule has 0 amide bonds. The second-order valence-corrected chi connectivity index (χ2v) is 3.44. The first-order valence-corrected chi connectivity index (χ1v) is 4.37. The van der Waals surface area contributed by atoms with Gasteiger partial charge in [-0.2, -0.15) is 0 Å². The Morgan fingerprint density at radius 3 is 2.50 bits per heavy atom. The number of alkyl halides is 2. The molecule has 1 rings (SSSR count). The first kappa shape index (κ1) is 9.86. The molecule has 0 aromatic carbocycles. The zero-order valence-corrected chi connectivity index (χ0v) is 7.56. The van der Waals surface area contributed by atoms with E-state index in [0.717, 1.165) is 13.1 Å². The number of rotatable bonds is 2. The molecule has 1 fully saturated rings. The van der Waals surface area contributed by atoms with E-state index in [1.807, 2.05) is 18.7 Å². The number of hydrogen-bond acceptors (Lipinski definition) is 2. The van der Waals surface area contributed by atoms with Gasteiger partial charge in [-0.1, -0.05) is 0 Å². The summed E-state index contributed by atoms with van der Waals surface area (Å²) in [6.07, 6.45) is -2.24. The highest BCUT2D eigenvalue weighted by atomic mass is 19.3. The van der Waals surface area contributed by atoms with Crippen LogP contribution < -0.4 is 5.32 Å². The highest BCUT2D eigenvalue weighted by molar-refractivity contribution is 4.83. The molecule has 0 aromatic rings. The molecular weight excluding hydrogens is 162 g/mol. The van der Waals surface area contributed by atoms with Crippen molar-refractivity contribution in [1.29, 1.82) is 0 Å². The van der Waals surface area contributed by atoms with Gasteiger partial charge in [-0.05, 0) is 13.8 Å². The molecule has 1 aliphatic heterocycles. The van der Waals surface area contributed by atoms with Crippen LogP contribution in [0.4, 0.5) is 8.78 Å². The molecule has 2 nitrogen and oxygen atoms in total. The van der Waals surface area contributed by atoms with Crippen LogP contribution in [0.25, 0.3) is 0 Å². The Bertz CT molecular complexity index is 123.